The molecular weight excluding hydrogens is 508 g/mol. The van der Waals surface area contributed by atoms with Crippen LogP contribution in [0.25, 0.3) is 0 Å². The van der Waals surface area contributed by atoms with Crippen LogP contribution in [-0.4, -0.2) is 59.7 Å². The van der Waals surface area contributed by atoms with Crippen molar-refractivity contribution in [3.63, 3.8) is 0 Å². The van der Waals surface area contributed by atoms with Crippen molar-refractivity contribution in [3.8, 4) is 5.75 Å². The summed E-state index contributed by atoms with van der Waals surface area (Å²) in [6.45, 7) is 4.01. The van der Waals surface area contributed by atoms with E-state index in [0.717, 1.165) is 36.7 Å². The summed E-state index contributed by atoms with van der Waals surface area (Å²) in [6.07, 6.45) is 4.05. The van der Waals surface area contributed by atoms with Gasteiger partial charge in [-0.25, -0.2) is 8.42 Å². The fourth-order valence-corrected chi connectivity index (χ4v) is 4.65. The van der Waals surface area contributed by atoms with Crippen molar-refractivity contribution in [2.24, 2.45) is 0 Å². The van der Waals surface area contributed by atoms with Gasteiger partial charge in [0.05, 0.1) is 30.3 Å². The van der Waals surface area contributed by atoms with Crippen molar-refractivity contribution in [1.29, 1.82) is 0 Å². The predicted molar refractivity (Wildman–Crippen MR) is 134 cm³/mol. The molecule has 0 radical (unpaired) electrons. The number of carbonyl (C=O) groups is 1. The maximum atomic E-state index is 12.8. The molecule has 0 fully saturated rings. The van der Waals surface area contributed by atoms with E-state index in [-0.39, 0.29) is 10.9 Å². The molecule has 9 heteroatoms. The molecule has 0 spiro atoms. The van der Waals surface area contributed by atoms with Gasteiger partial charge in [0.25, 0.3) is 10.0 Å². The summed E-state index contributed by atoms with van der Waals surface area (Å²) < 4.78 is 38.4. The number of ether oxygens (including phenoxy) is 2. The number of unbranched alkanes of at least 4 members (excludes halogenated alkanes) is 3. The number of anilines is 1. The molecule has 2 aromatic carbocycles. The predicted octanol–water partition coefficient (Wildman–Crippen LogP) is 4.71. The molecule has 0 aliphatic rings. The van der Waals surface area contributed by atoms with Crippen LogP contribution >= 0.6 is 15.9 Å². The van der Waals surface area contributed by atoms with E-state index in [1.54, 1.807) is 48.5 Å². The fourth-order valence-electron chi connectivity index (χ4n) is 3.19. The van der Waals surface area contributed by atoms with Crippen molar-refractivity contribution in [3.05, 3.63) is 53.0 Å². The van der Waals surface area contributed by atoms with Gasteiger partial charge in [0.15, 0.2) is 0 Å². The Morgan fingerprint density at radius 3 is 2.21 bits per heavy atom. The molecule has 7 nitrogen and oxygen atoms in total. The molecule has 0 saturated heterocycles. The van der Waals surface area contributed by atoms with Gasteiger partial charge < -0.3 is 9.47 Å². The number of hydrogen-bond acceptors (Lipinski definition) is 6. The van der Waals surface area contributed by atoms with Gasteiger partial charge >= 0.3 is 5.97 Å². The Bertz CT molecular complexity index is 965. The first kappa shape index (κ1) is 27.1. The smallest absolute Gasteiger partial charge is 0.320 e. The number of hydrogen-bond donors (Lipinski definition) is 0. The summed E-state index contributed by atoms with van der Waals surface area (Å²) in [4.78, 5) is 13.6. The van der Waals surface area contributed by atoms with Crippen molar-refractivity contribution in [2.45, 2.75) is 37.5 Å². The standard InChI is InChI=1S/C24H33BrN2O5S/c1-4-31-24(28)19-26(2)17-7-5-6-8-18-32-22-13-11-21(12-14-22)27(3)33(29,30)23-15-9-20(25)10-16-23/h9-16H,4-8,17-19H2,1-3H3. The number of sulfonamides is 1. The molecule has 33 heavy (non-hydrogen) atoms. The van der Waals surface area contributed by atoms with Gasteiger partial charge in [-0.3, -0.25) is 14.0 Å². The van der Waals surface area contributed by atoms with E-state index >= 15 is 0 Å². The van der Waals surface area contributed by atoms with E-state index in [1.807, 2.05) is 18.9 Å². The minimum Gasteiger partial charge on any atom is -0.494 e. The van der Waals surface area contributed by atoms with Crippen molar-refractivity contribution in [2.75, 3.05) is 44.7 Å². The van der Waals surface area contributed by atoms with E-state index in [0.29, 0.717) is 31.2 Å². The molecule has 0 heterocycles. The minimum atomic E-state index is -3.62. The lowest BCUT2D eigenvalue weighted by Gasteiger charge is -2.20. The molecule has 182 valence electrons. The van der Waals surface area contributed by atoms with E-state index in [2.05, 4.69) is 15.9 Å². The normalized spacial score (nSPS) is 11.4. The lowest BCUT2D eigenvalue weighted by molar-refractivity contribution is -0.144. The van der Waals surface area contributed by atoms with Crippen LogP contribution < -0.4 is 9.04 Å². The summed E-state index contributed by atoms with van der Waals surface area (Å²) in [5, 5.41) is 0. The fraction of sp³-hybridized carbons (Fsp3) is 0.458. The average molecular weight is 542 g/mol. The molecule has 0 aromatic heterocycles. The quantitative estimate of drug-likeness (QED) is 0.255. The van der Waals surface area contributed by atoms with Crippen molar-refractivity contribution >= 4 is 37.6 Å². The summed E-state index contributed by atoms with van der Waals surface area (Å²) in [5.41, 5.74) is 0.567. The van der Waals surface area contributed by atoms with Crippen LogP contribution in [0.2, 0.25) is 0 Å². The van der Waals surface area contributed by atoms with Crippen LogP contribution in [0, 0.1) is 0 Å². The SMILES string of the molecule is CCOC(=O)CN(C)CCCCCCOc1ccc(N(C)S(=O)(=O)c2ccc(Br)cc2)cc1. The van der Waals surface area contributed by atoms with Gasteiger partial charge in [-0.2, -0.15) is 0 Å². The highest BCUT2D eigenvalue weighted by molar-refractivity contribution is 9.10. The topological polar surface area (TPSA) is 76.2 Å². The van der Waals surface area contributed by atoms with E-state index < -0.39 is 10.0 Å². The lowest BCUT2D eigenvalue weighted by Crippen LogP contribution is -2.28. The van der Waals surface area contributed by atoms with Crippen LogP contribution in [-0.2, 0) is 19.6 Å². The zero-order valence-corrected chi connectivity index (χ0v) is 21.9. The summed E-state index contributed by atoms with van der Waals surface area (Å²) >= 11 is 3.32. The van der Waals surface area contributed by atoms with Crippen LogP contribution in [0.5, 0.6) is 5.75 Å². The molecule has 0 aliphatic heterocycles. The van der Waals surface area contributed by atoms with Crippen LogP contribution in [0.1, 0.15) is 32.6 Å². The number of benzene rings is 2. The Labute approximate surface area is 205 Å². The molecule has 0 N–H and O–H groups in total. The molecule has 0 unspecified atom stereocenters. The van der Waals surface area contributed by atoms with Crippen molar-refractivity contribution in [1.82, 2.24) is 4.90 Å². The first-order valence-electron chi connectivity index (χ1n) is 11.1. The number of nitrogens with zero attached hydrogens (tertiary/aromatic N) is 2. The van der Waals surface area contributed by atoms with E-state index in [1.165, 1.54) is 11.4 Å². The number of carbonyl (C=O) groups excluding carboxylic acids is 1. The Balaban J connectivity index is 1.70. The molecule has 2 rings (SSSR count). The Hall–Kier alpha value is -2.10. The Kier molecular flexibility index (Phi) is 11.2. The monoisotopic (exact) mass is 540 g/mol. The Morgan fingerprint density at radius 2 is 1.58 bits per heavy atom. The Morgan fingerprint density at radius 1 is 0.939 bits per heavy atom. The second-order valence-electron chi connectivity index (χ2n) is 7.73. The number of likely N-dealkylation sites (N-methyl/N-ethyl adjacent to an activating group) is 1. The average Bonchev–Trinajstić information content (AvgIpc) is 2.78. The molecular formula is C24H33BrN2O5S. The molecule has 0 atom stereocenters. The van der Waals surface area contributed by atoms with Crippen LogP contribution in [0.4, 0.5) is 5.69 Å². The van der Waals surface area contributed by atoms with Gasteiger partial charge in [-0.05, 0) is 81.9 Å². The highest BCUT2D eigenvalue weighted by Gasteiger charge is 2.21. The van der Waals surface area contributed by atoms with Crippen LogP contribution in [0.3, 0.4) is 0 Å². The first-order valence-corrected chi connectivity index (χ1v) is 13.3. The number of rotatable bonds is 14. The van der Waals surface area contributed by atoms with E-state index in [4.69, 9.17) is 9.47 Å². The molecule has 0 aliphatic carbocycles. The summed E-state index contributed by atoms with van der Waals surface area (Å²) in [6, 6.07) is 13.6. The molecule has 0 bridgehead atoms. The van der Waals surface area contributed by atoms with Gasteiger partial charge in [0.2, 0.25) is 0 Å². The van der Waals surface area contributed by atoms with E-state index in [9.17, 15) is 13.2 Å². The zero-order valence-electron chi connectivity index (χ0n) is 19.5. The molecule has 0 amide bonds. The maximum absolute atomic E-state index is 12.8. The van der Waals surface area contributed by atoms with Crippen LogP contribution in [0.15, 0.2) is 57.9 Å². The molecule has 2 aromatic rings. The third kappa shape index (κ3) is 8.98. The summed E-state index contributed by atoms with van der Waals surface area (Å²) in [7, 11) is -0.164. The third-order valence-corrected chi connectivity index (χ3v) is 7.41. The van der Waals surface area contributed by atoms with Gasteiger partial charge in [-0.1, -0.05) is 28.8 Å². The highest BCUT2D eigenvalue weighted by Crippen LogP contribution is 2.25. The van der Waals surface area contributed by atoms with Gasteiger partial charge in [-0.15, -0.1) is 0 Å². The second kappa shape index (κ2) is 13.6. The zero-order chi connectivity index (χ0) is 24.3. The first-order chi connectivity index (χ1) is 15.7. The van der Waals surface area contributed by atoms with Crippen molar-refractivity contribution < 1.29 is 22.7 Å². The number of esters is 1. The minimum absolute atomic E-state index is 0.184. The lowest BCUT2D eigenvalue weighted by atomic mass is 10.2. The largest absolute Gasteiger partial charge is 0.494 e. The van der Waals surface area contributed by atoms with Gasteiger partial charge in [0, 0.05) is 11.5 Å². The number of halogens is 1. The summed E-state index contributed by atoms with van der Waals surface area (Å²) in [5.74, 6) is 0.527. The second-order valence-corrected chi connectivity index (χ2v) is 10.6. The third-order valence-electron chi connectivity index (χ3n) is 5.08. The maximum Gasteiger partial charge on any atom is 0.320 e. The highest BCUT2D eigenvalue weighted by atomic mass is 79.9. The molecule has 0 saturated carbocycles. The van der Waals surface area contributed by atoms with Gasteiger partial charge in [0.1, 0.15) is 5.75 Å².